The highest BCUT2D eigenvalue weighted by Gasteiger charge is 2.32. The molecule has 2 saturated carbocycles. The van der Waals surface area contributed by atoms with Crippen LogP contribution in [0.15, 0.2) is 0 Å². The van der Waals surface area contributed by atoms with E-state index < -0.39 is 5.97 Å². The lowest BCUT2D eigenvalue weighted by molar-refractivity contribution is -0.141. The average Bonchev–Trinajstić information content (AvgIpc) is 2.78. The largest absolute Gasteiger partial charge is 0.481 e. The predicted octanol–water partition coefficient (Wildman–Crippen LogP) is 2.18. The van der Waals surface area contributed by atoms with Crippen LogP contribution in [0.5, 0.6) is 0 Å². The van der Waals surface area contributed by atoms with E-state index in [9.17, 15) is 9.59 Å². The van der Waals surface area contributed by atoms with Gasteiger partial charge >= 0.3 is 5.97 Å². The summed E-state index contributed by atoms with van der Waals surface area (Å²) in [5.41, 5.74) is 0. The Morgan fingerprint density at radius 1 is 1.00 bits per heavy atom. The summed E-state index contributed by atoms with van der Waals surface area (Å²) in [6.45, 7) is 2.24. The van der Waals surface area contributed by atoms with Crippen molar-refractivity contribution in [3.63, 3.8) is 0 Å². The lowest BCUT2D eigenvalue weighted by Gasteiger charge is -2.26. The molecule has 2 rings (SSSR count). The molecule has 2 N–H and O–H groups in total. The first-order chi connectivity index (χ1) is 8.56. The van der Waals surface area contributed by atoms with E-state index in [1.165, 1.54) is 0 Å². The summed E-state index contributed by atoms with van der Waals surface area (Å²) < 4.78 is 0. The van der Waals surface area contributed by atoms with Crippen LogP contribution in [0.1, 0.15) is 51.9 Å². The topological polar surface area (TPSA) is 66.4 Å². The molecule has 4 heteroatoms. The molecule has 0 bridgehead atoms. The SMILES string of the molecule is CC1CCC(C(=O)NC2CCC(C(=O)O)C2)CC1. The Labute approximate surface area is 108 Å². The maximum absolute atomic E-state index is 12.1. The van der Waals surface area contributed by atoms with Crippen LogP contribution < -0.4 is 5.32 Å². The van der Waals surface area contributed by atoms with Gasteiger partial charge in [0.25, 0.3) is 0 Å². The summed E-state index contributed by atoms with van der Waals surface area (Å²) in [7, 11) is 0. The molecule has 1 amide bonds. The van der Waals surface area contributed by atoms with Crippen molar-refractivity contribution < 1.29 is 14.7 Å². The third kappa shape index (κ3) is 3.24. The van der Waals surface area contributed by atoms with Gasteiger partial charge in [-0.25, -0.2) is 0 Å². The Balaban J connectivity index is 1.76. The molecule has 2 unspecified atom stereocenters. The van der Waals surface area contributed by atoms with E-state index in [1.807, 2.05) is 0 Å². The molecule has 18 heavy (non-hydrogen) atoms. The number of hydrogen-bond acceptors (Lipinski definition) is 2. The van der Waals surface area contributed by atoms with Crippen molar-refractivity contribution in [3.8, 4) is 0 Å². The van der Waals surface area contributed by atoms with Crippen LogP contribution in [-0.4, -0.2) is 23.0 Å². The van der Waals surface area contributed by atoms with Crippen LogP contribution in [-0.2, 0) is 9.59 Å². The molecule has 2 aliphatic carbocycles. The smallest absolute Gasteiger partial charge is 0.306 e. The second kappa shape index (κ2) is 5.72. The minimum Gasteiger partial charge on any atom is -0.481 e. The average molecular weight is 253 g/mol. The number of nitrogens with one attached hydrogen (secondary N) is 1. The highest BCUT2D eigenvalue weighted by atomic mass is 16.4. The Hall–Kier alpha value is -1.06. The molecular formula is C14H23NO3. The van der Waals surface area contributed by atoms with Crippen molar-refractivity contribution in [1.82, 2.24) is 5.32 Å². The van der Waals surface area contributed by atoms with Crippen molar-refractivity contribution in [1.29, 1.82) is 0 Å². The van der Waals surface area contributed by atoms with Gasteiger partial charge in [0.05, 0.1) is 5.92 Å². The van der Waals surface area contributed by atoms with E-state index >= 15 is 0 Å². The normalized spacial score (nSPS) is 36.3. The number of rotatable bonds is 3. The van der Waals surface area contributed by atoms with Gasteiger partial charge < -0.3 is 10.4 Å². The predicted molar refractivity (Wildman–Crippen MR) is 68.0 cm³/mol. The highest BCUT2D eigenvalue weighted by Crippen LogP contribution is 2.30. The zero-order valence-electron chi connectivity index (χ0n) is 11.0. The molecule has 0 aromatic heterocycles. The maximum Gasteiger partial charge on any atom is 0.306 e. The molecule has 2 atom stereocenters. The van der Waals surface area contributed by atoms with Gasteiger partial charge in [-0.05, 0) is 50.9 Å². The molecule has 102 valence electrons. The summed E-state index contributed by atoms with van der Waals surface area (Å²) in [4.78, 5) is 22.9. The van der Waals surface area contributed by atoms with Gasteiger partial charge in [-0.1, -0.05) is 6.92 Å². The first-order valence-corrected chi connectivity index (χ1v) is 7.09. The number of carbonyl (C=O) groups is 2. The zero-order chi connectivity index (χ0) is 13.1. The molecular weight excluding hydrogens is 230 g/mol. The van der Waals surface area contributed by atoms with Gasteiger partial charge in [-0.2, -0.15) is 0 Å². The van der Waals surface area contributed by atoms with Crippen molar-refractivity contribution >= 4 is 11.9 Å². The lowest BCUT2D eigenvalue weighted by Crippen LogP contribution is -2.39. The number of carboxylic acids is 1. The standard InChI is InChI=1S/C14H23NO3/c1-9-2-4-10(5-3-9)13(16)15-12-7-6-11(8-12)14(17)18/h9-12H,2-8H2,1H3,(H,15,16)(H,17,18). The molecule has 0 spiro atoms. The second-order valence-corrected chi connectivity index (χ2v) is 6.01. The third-order valence-electron chi connectivity index (χ3n) is 4.51. The van der Waals surface area contributed by atoms with Crippen LogP contribution in [0.2, 0.25) is 0 Å². The second-order valence-electron chi connectivity index (χ2n) is 6.01. The van der Waals surface area contributed by atoms with Crippen LogP contribution >= 0.6 is 0 Å². The number of hydrogen-bond donors (Lipinski definition) is 2. The van der Waals surface area contributed by atoms with Gasteiger partial charge in [0.1, 0.15) is 0 Å². The molecule has 2 fully saturated rings. The van der Waals surface area contributed by atoms with Gasteiger partial charge in [0.15, 0.2) is 0 Å². The van der Waals surface area contributed by atoms with Gasteiger partial charge in [-0.15, -0.1) is 0 Å². The van der Waals surface area contributed by atoms with E-state index in [0.717, 1.165) is 38.0 Å². The molecule has 2 aliphatic rings. The minimum atomic E-state index is -0.724. The van der Waals surface area contributed by atoms with Crippen LogP contribution in [0.3, 0.4) is 0 Å². The first-order valence-electron chi connectivity index (χ1n) is 7.09. The fourth-order valence-corrected chi connectivity index (χ4v) is 3.18. The highest BCUT2D eigenvalue weighted by molar-refractivity contribution is 5.79. The summed E-state index contributed by atoms with van der Waals surface area (Å²) in [5, 5.41) is 12.0. The summed E-state index contributed by atoms with van der Waals surface area (Å²) >= 11 is 0. The third-order valence-corrected chi connectivity index (χ3v) is 4.51. The summed E-state index contributed by atoms with van der Waals surface area (Å²) in [6, 6.07) is 0.0814. The van der Waals surface area contributed by atoms with Crippen molar-refractivity contribution in [2.24, 2.45) is 17.8 Å². The van der Waals surface area contributed by atoms with Crippen molar-refractivity contribution in [3.05, 3.63) is 0 Å². The van der Waals surface area contributed by atoms with E-state index in [0.29, 0.717) is 12.8 Å². The van der Waals surface area contributed by atoms with E-state index in [2.05, 4.69) is 12.2 Å². The van der Waals surface area contributed by atoms with Gasteiger partial charge in [0.2, 0.25) is 5.91 Å². The zero-order valence-corrected chi connectivity index (χ0v) is 11.0. The molecule has 0 aliphatic heterocycles. The van der Waals surface area contributed by atoms with E-state index in [-0.39, 0.29) is 23.8 Å². The fraction of sp³-hybridized carbons (Fsp3) is 0.857. The Kier molecular flexibility index (Phi) is 4.25. The molecule has 0 aromatic carbocycles. The quantitative estimate of drug-likeness (QED) is 0.810. The van der Waals surface area contributed by atoms with Crippen molar-refractivity contribution in [2.75, 3.05) is 0 Å². The minimum absolute atomic E-state index is 0.0814. The molecule has 0 saturated heterocycles. The van der Waals surface area contributed by atoms with Gasteiger partial charge in [-0.3, -0.25) is 9.59 Å². The summed E-state index contributed by atoms with van der Waals surface area (Å²) in [5.74, 6) is 0.0693. The molecule has 0 radical (unpaired) electrons. The van der Waals surface area contributed by atoms with E-state index in [1.54, 1.807) is 0 Å². The van der Waals surface area contributed by atoms with Crippen LogP contribution in [0.4, 0.5) is 0 Å². The maximum atomic E-state index is 12.1. The first kappa shape index (κ1) is 13.4. The summed E-state index contributed by atoms with van der Waals surface area (Å²) in [6.07, 6.45) is 6.36. The van der Waals surface area contributed by atoms with Crippen LogP contribution in [0.25, 0.3) is 0 Å². The molecule has 0 aromatic rings. The number of aliphatic carboxylic acids is 1. The van der Waals surface area contributed by atoms with Gasteiger partial charge in [0, 0.05) is 12.0 Å². The Morgan fingerprint density at radius 3 is 2.17 bits per heavy atom. The number of carbonyl (C=O) groups excluding carboxylic acids is 1. The molecule has 4 nitrogen and oxygen atoms in total. The Morgan fingerprint density at radius 2 is 1.61 bits per heavy atom. The van der Waals surface area contributed by atoms with Crippen LogP contribution in [0, 0.1) is 17.8 Å². The lowest BCUT2D eigenvalue weighted by atomic mass is 9.82. The number of carboxylic acid groups (broad SMARTS) is 1. The molecule has 0 heterocycles. The van der Waals surface area contributed by atoms with E-state index in [4.69, 9.17) is 5.11 Å². The fourth-order valence-electron chi connectivity index (χ4n) is 3.18. The van der Waals surface area contributed by atoms with Crippen molar-refractivity contribution in [2.45, 2.75) is 57.9 Å². The Bertz CT molecular complexity index is 321. The number of amides is 1. The monoisotopic (exact) mass is 253 g/mol.